The number of hydrogen-bond donors (Lipinski definition) is 2. The first kappa shape index (κ1) is 11.6. The van der Waals surface area contributed by atoms with Gasteiger partial charge in [-0.3, -0.25) is 4.79 Å². The molecule has 5 heteroatoms. The SMILES string of the molecule is CC(C)C1Nc2cc(Cl)c(Cl)cc2NC1=O. The summed E-state index contributed by atoms with van der Waals surface area (Å²) in [5, 5.41) is 6.89. The fraction of sp³-hybridized carbons (Fsp3) is 0.364. The largest absolute Gasteiger partial charge is 0.372 e. The number of anilines is 2. The van der Waals surface area contributed by atoms with Gasteiger partial charge in [0.1, 0.15) is 6.04 Å². The first-order valence-electron chi connectivity index (χ1n) is 5.05. The van der Waals surface area contributed by atoms with Crippen molar-refractivity contribution in [1.82, 2.24) is 0 Å². The summed E-state index contributed by atoms with van der Waals surface area (Å²) in [6.45, 7) is 3.97. The van der Waals surface area contributed by atoms with Gasteiger partial charge in [-0.1, -0.05) is 37.0 Å². The van der Waals surface area contributed by atoms with Gasteiger partial charge >= 0.3 is 0 Å². The van der Waals surface area contributed by atoms with Crippen LogP contribution in [0.3, 0.4) is 0 Å². The van der Waals surface area contributed by atoms with Crippen molar-refractivity contribution in [3.8, 4) is 0 Å². The zero-order valence-corrected chi connectivity index (χ0v) is 10.5. The lowest BCUT2D eigenvalue weighted by molar-refractivity contribution is -0.117. The molecule has 1 aliphatic rings. The standard InChI is InChI=1S/C11H12Cl2N2O/c1-5(2)10-11(16)15-9-4-7(13)6(12)3-8(9)14-10/h3-5,10,14H,1-2H3,(H,15,16). The van der Waals surface area contributed by atoms with Gasteiger partial charge in [0.15, 0.2) is 0 Å². The number of halogens is 2. The Morgan fingerprint density at radius 1 is 1.19 bits per heavy atom. The third-order valence-corrected chi connectivity index (χ3v) is 3.30. The van der Waals surface area contributed by atoms with E-state index in [-0.39, 0.29) is 17.9 Å². The van der Waals surface area contributed by atoms with Crippen LogP contribution in [0.5, 0.6) is 0 Å². The van der Waals surface area contributed by atoms with E-state index in [0.29, 0.717) is 15.7 Å². The van der Waals surface area contributed by atoms with Crippen LogP contribution in [0.1, 0.15) is 13.8 Å². The molecular weight excluding hydrogens is 247 g/mol. The fourth-order valence-corrected chi connectivity index (χ4v) is 2.01. The third kappa shape index (κ3) is 1.97. The molecule has 0 fully saturated rings. The molecule has 1 atom stereocenters. The lowest BCUT2D eigenvalue weighted by atomic mass is 10.0. The molecule has 0 saturated carbocycles. The summed E-state index contributed by atoms with van der Waals surface area (Å²) in [6, 6.07) is 3.15. The molecule has 86 valence electrons. The van der Waals surface area contributed by atoms with Gasteiger partial charge < -0.3 is 10.6 Å². The quantitative estimate of drug-likeness (QED) is 0.811. The molecule has 0 spiro atoms. The molecular formula is C11H12Cl2N2O. The topological polar surface area (TPSA) is 41.1 Å². The van der Waals surface area contributed by atoms with E-state index < -0.39 is 0 Å². The second-order valence-corrected chi connectivity index (χ2v) is 4.98. The summed E-state index contributed by atoms with van der Waals surface area (Å²) in [5.41, 5.74) is 1.49. The maximum absolute atomic E-state index is 11.7. The van der Waals surface area contributed by atoms with Crippen LogP contribution in [0, 0.1) is 5.92 Å². The van der Waals surface area contributed by atoms with Gasteiger partial charge in [-0.15, -0.1) is 0 Å². The smallest absolute Gasteiger partial charge is 0.247 e. The van der Waals surface area contributed by atoms with Gasteiger partial charge in [0, 0.05) is 0 Å². The normalized spacial score (nSPS) is 19.1. The minimum atomic E-state index is -0.232. The van der Waals surface area contributed by atoms with E-state index in [2.05, 4.69) is 10.6 Å². The van der Waals surface area contributed by atoms with Crippen molar-refractivity contribution >= 4 is 40.5 Å². The fourth-order valence-electron chi connectivity index (χ4n) is 1.68. The molecule has 2 rings (SSSR count). The predicted molar refractivity (Wildman–Crippen MR) is 67.3 cm³/mol. The first-order valence-corrected chi connectivity index (χ1v) is 5.81. The summed E-state index contributed by atoms with van der Waals surface area (Å²) >= 11 is 11.8. The van der Waals surface area contributed by atoms with E-state index in [4.69, 9.17) is 23.2 Å². The van der Waals surface area contributed by atoms with Crippen molar-refractivity contribution in [2.45, 2.75) is 19.9 Å². The van der Waals surface area contributed by atoms with Crippen LogP contribution in [-0.4, -0.2) is 11.9 Å². The molecule has 0 bridgehead atoms. The molecule has 0 radical (unpaired) electrons. The molecule has 1 heterocycles. The number of fused-ring (bicyclic) bond motifs is 1. The van der Waals surface area contributed by atoms with Gasteiger partial charge in [-0.25, -0.2) is 0 Å². The summed E-state index contributed by atoms with van der Waals surface area (Å²) in [7, 11) is 0. The summed E-state index contributed by atoms with van der Waals surface area (Å²) in [6.07, 6.45) is 0. The van der Waals surface area contributed by atoms with Gasteiger partial charge in [0.2, 0.25) is 5.91 Å². The third-order valence-electron chi connectivity index (χ3n) is 2.58. The van der Waals surface area contributed by atoms with Gasteiger partial charge in [-0.05, 0) is 18.1 Å². The summed E-state index contributed by atoms with van der Waals surface area (Å²) in [5.74, 6) is 0.170. The Morgan fingerprint density at radius 2 is 1.75 bits per heavy atom. The van der Waals surface area contributed by atoms with E-state index in [1.807, 2.05) is 13.8 Å². The van der Waals surface area contributed by atoms with Crippen molar-refractivity contribution in [2.24, 2.45) is 5.92 Å². The monoisotopic (exact) mass is 258 g/mol. The maximum atomic E-state index is 11.7. The highest BCUT2D eigenvalue weighted by atomic mass is 35.5. The van der Waals surface area contributed by atoms with Crippen LogP contribution in [0.25, 0.3) is 0 Å². The highest BCUT2D eigenvalue weighted by Gasteiger charge is 2.28. The average Bonchev–Trinajstić information content (AvgIpc) is 2.19. The summed E-state index contributed by atoms with van der Waals surface area (Å²) in [4.78, 5) is 11.7. The Morgan fingerprint density at radius 3 is 2.31 bits per heavy atom. The molecule has 1 unspecified atom stereocenters. The Labute approximate surface area is 104 Å². The number of carbonyl (C=O) groups excluding carboxylic acids is 1. The number of nitrogens with one attached hydrogen (secondary N) is 2. The molecule has 1 aliphatic heterocycles. The molecule has 0 aliphatic carbocycles. The molecule has 0 aromatic heterocycles. The molecule has 3 nitrogen and oxygen atoms in total. The number of rotatable bonds is 1. The second-order valence-electron chi connectivity index (χ2n) is 4.17. The van der Waals surface area contributed by atoms with Crippen molar-refractivity contribution in [3.63, 3.8) is 0 Å². The van der Waals surface area contributed by atoms with Gasteiger partial charge in [0.05, 0.1) is 21.4 Å². The van der Waals surface area contributed by atoms with E-state index >= 15 is 0 Å². The van der Waals surface area contributed by atoms with Crippen LogP contribution in [0.15, 0.2) is 12.1 Å². The maximum Gasteiger partial charge on any atom is 0.247 e. The van der Waals surface area contributed by atoms with E-state index in [0.717, 1.165) is 5.69 Å². The van der Waals surface area contributed by atoms with Crippen molar-refractivity contribution in [2.75, 3.05) is 10.6 Å². The van der Waals surface area contributed by atoms with Gasteiger partial charge in [0.25, 0.3) is 0 Å². The Hall–Kier alpha value is -0.930. The molecule has 16 heavy (non-hydrogen) atoms. The lowest BCUT2D eigenvalue weighted by Crippen LogP contribution is -2.42. The number of benzene rings is 1. The first-order chi connectivity index (χ1) is 7.49. The van der Waals surface area contributed by atoms with Gasteiger partial charge in [-0.2, -0.15) is 0 Å². The molecule has 1 aromatic carbocycles. The number of hydrogen-bond acceptors (Lipinski definition) is 2. The van der Waals surface area contributed by atoms with Crippen LogP contribution in [-0.2, 0) is 4.79 Å². The minimum absolute atomic E-state index is 0.0408. The molecule has 1 aromatic rings. The van der Waals surface area contributed by atoms with Crippen LogP contribution in [0.4, 0.5) is 11.4 Å². The molecule has 1 amide bonds. The van der Waals surface area contributed by atoms with E-state index in [1.54, 1.807) is 12.1 Å². The van der Waals surface area contributed by atoms with Crippen LogP contribution in [0.2, 0.25) is 10.0 Å². The highest BCUT2D eigenvalue weighted by molar-refractivity contribution is 6.42. The van der Waals surface area contributed by atoms with Crippen molar-refractivity contribution in [1.29, 1.82) is 0 Å². The Kier molecular flexibility index (Phi) is 3.00. The van der Waals surface area contributed by atoms with Crippen molar-refractivity contribution in [3.05, 3.63) is 22.2 Å². The molecule has 0 saturated heterocycles. The minimum Gasteiger partial charge on any atom is -0.372 e. The Bertz CT molecular complexity index is 446. The zero-order valence-electron chi connectivity index (χ0n) is 8.97. The van der Waals surface area contributed by atoms with E-state index in [1.165, 1.54) is 0 Å². The van der Waals surface area contributed by atoms with Crippen LogP contribution >= 0.6 is 23.2 Å². The van der Waals surface area contributed by atoms with Crippen LogP contribution < -0.4 is 10.6 Å². The second kappa shape index (κ2) is 4.15. The average molecular weight is 259 g/mol. The number of carbonyl (C=O) groups is 1. The number of amides is 1. The predicted octanol–water partition coefficient (Wildman–Crippen LogP) is 3.38. The molecule has 2 N–H and O–H groups in total. The Balaban J connectivity index is 2.39. The van der Waals surface area contributed by atoms with E-state index in [9.17, 15) is 4.79 Å². The zero-order chi connectivity index (χ0) is 11.9. The summed E-state index contributed by atoms with van der Waals surface area (Å²) < 4.78 is 0. The highest BCUT2D eigenvalue weighted by Crippen LogP contribution is 2.35. The lowest BCUT2D eigenvalue weighted by Gasteiger charge is -2.29. The van der Waals surface area contributed by atoms with Crippen molar-refractivity contribution < 1.29 is 4.79 Å².